The van der Waals surface area contributed by atoms with Crippen molar-refractivity contribution in [3.63, 3.8) is 0 Å². The standard InChI is InChI=1S/C15H22N2O2/c1-10-5-4-6-11(2)15(10)17-8-12(3)16-13(9-17)7-14(18)19/h4-6,12-13,16H,7-9H2,1-3H3,(H,18,19). The Labute approximate surface area is 114 Å². The number of carboxylic acids is 1. The van der Waals surface area contributed by atoms with Gasteiger partial charge in [0.2, 0.25) is 0 Å². The number of rotatable bonds is 3. The van der Waals surface area contributed by atoms with Crippen LogP contribution in [-0.4, -0.2) is 36.2 Å². The van der Waals surface area contributed by atoms with E-state index in [2.05, 4.69) is 49.2 Å². The highest BCUT2D eigenvalue weighted by atomic mass is 16.4. The van der Waals surface area contributed by atoms with Gasteiger partial charge < -0.3 is 15.3 Å². The molecule has 2 atom stereocenters. The van der Waals surface area contributed by atoms with E-state index < -0.39 is 5.97 Å². The molecule has 0 amide bonds. The largest absolute Gasteiger partial charge is 0.481 e. The first-order valence-corrected chi connectivity index (χ1v) is 6.76. The average Bonchev–Trinajstić information content (AvgIpc) is 2.26. The van der Waals surface area contributed by atoms with Crippen molar-refractivity contribution in [2.45, 2.75) is 39.3 Å². The summed E-state index contributed by atoms with van der Waals surface area (Å²) in [4.78, 5) is 13.2. The van der Waals surface area contributed by atoms with Crippen LogP contribution in [0.25, 0.3) is 0 Å². The first-order chi connectivity index (χ1) is 8.97. The van der Waals surface area contributed by atoms with Gasteiger partial charge in [0.25, 0.3) is 0 Å². The first kappa shape index (κ1) is 13.9. The van der Waals surface area contributed by atoms with E-state index in [9.17, 15) is 4.79 Å². The second kappa shape index (κ2) is 5.61. The van der Waals surface area contributed by atoms with E-state index in [4.69, 9.17) is 5.11 Å². The molecule has 0 aromatic heterocycles. The molecular formula is C15H22N2O2. The van der Waals surface area contributed by atoms with E-state index in [0.29, 0.717) is 6.04 Å². The van der Waals surface area contributed by atoms with Crippen LogP contribution in [0.5, 0.6) is 0 Å². The quantitative estimate of drug-likeness (QED) is 0.874. The second-order valence-electron chi connectivity index (χ2n) is 5.51. The molecule has 0 saturated carbocycles. The molecule has 4 nitrogen and oxygen atoms in total. The highest BCUT2D eigenvalue weighted by Gasteiger charge is 2.27. The zero-order chi connectivity index (χ0) is 14.0. The SMILES string of the molecule is Cc1cccc(C)c1N1CC(C)NC(CC(=O)O)C1. The van der Waals surface area contributed by atoms with E-state index in [0.717, 1.165) is 13.1 Å². The van der Waals surface area contributed by atoms with Gasteiger partial charge in [0.05, 0.1) is 6.42 Å². The van der Waals surface area contributed by atoms with Gasteiger partial charge in [-0.2, -0.15) is 0 Å². The van der Waals surface area contributed by atoms with Crippen LogP contribution in [0.2, 0.25) is 0 Å². The minimum atomic E-state index is -0.743. The van der Waals surface area contributed by atoms with Crippen LogP contribution in [0.3, 0.4) is 0 Å². The van der Waals surface area contributed by atoms with Crippen molar-refractivity contribution in [1.82, 2.24) is 5.32 Å². The molecule has 2 N–H and O–H groups in total. The minimum Gasteiger partial charge on any atom is -0.481 e. The van der Waals surface area contributed by atoms with E-state index >= 15 is 0 Å². The third kappa shape index (κ3) is 3.26. The van der Waals surface area contributed by atoms with E-state index in [1.54, 1.807) is 0 Å². The Hall–Kier alpha value is -1.55. The fraction of sp³-hybridized carbons (Fsp3) is 0.533. The number of aryl methyl sites for hydroxylation is 2. The maximum Gasteiger partial charge on any atom is 0.304 e. The maximum atomic E-state index is 10.9. The normalized spacial score (nSPS) is 23.4. The Balaban J connectivity index is 2.21. The third-order valence-electron chi connectivity index (χ3n) is 3.63. The summed E-state index contributed by atoms with van der Waals surface area (Å²) in [5.41, 5.74) is 3.76. The van der Waals surface area contributed by atoms with Gasteiger partial charge >= 0.3 is 5.97 Å². The fourth-order valence-corrected chi connectivity index (χ4v) is 3.00. The average molecular weight is 262 g/mol. The van der Waals surface area contributed by atoms with Crippen LogP contribution < -0.4 is 10.2 Å². The third-order valence-corrected chi connectivity index (χ3v) is 3.63. The van der Waals surface area contributed by atoms with Crippen LogP contribution in [-0.2, 0) is 4.79 Å². The summed E-state index contributed by atoms with van der Waals surface area (Å²) >= 11 is 0. The molecule has 1 aliphatic heterocycles. The number of anilines is 1. The van der Waals surface area contributed by atoms with Crippen molar-refractivity contribution in [2.24, 2.45) is 0 Å². The van der Waals surface area contributed by atoms with Gasteiger partial charge in [-0.05, 0) is 31.9 Å². The Morgan fingerprint density at radius 3 is 2.58 bits per heavy atom. The predicted octanol–water partition coefficient (Wildman–Crippen LogP) is 1.94. The van der Waals surface area contributed by atoms with Crippen LogP contribution in [0.15, 0.2) is 18.2 Å². The Bertz CT molecular complexity index is 453. The van der Waals surface area contributed by atoms with Crippen molar-refractivity contribution in [3.8, 4) is 0 Å². The molecule has 104 valence electrons. The molecule has 0 radical (unpaired) electrons. The maximum absolute atomic E-state index is 10.9. The first-order valence-electron chi connectivity index (χ1n) is 6.76. The zero-order valence-electron chi connectivity index (χ0n) is 11.8. The lowest BCUT2D eigenvalue weighted by atomic mass is 10.0. The smallest absolute Gasteiger partial charge is 0.304 e. The highest BCUT2D eigenvalue weighted by molar-refractivity contribution is 5.68. The molecule has 1 aliphatic rings. The Kier molecular flexibility index (Phi) is 4.10. The van der Waals surface area contributed by atoms with Crippen LogP contribution in [0.1, 0.15) is 24.5 Å². The number of carbonyl (C=O) groups is 1. The van der Waals surface area contributed by atoms with Gasteiger partial charge in [0.15, 0.2) is 0 Å². The number of carboxylic acid groups (broad SMARTS) is 1. The molecule has 1 aromatic carbocycles. The molecule has 1 saturated heterocycles. The summed E-state index contributed by atoms with van der Waals surface area (Å²) in [6, 6.07) is 6.61. The fourth-order valence-electron chi connectivity index (χ4n) is 3.00. The molecule has 0 spiro atoms. The van der Waals surface area contributed by atoms with Gasteiger partial charge in [-0.15, -0.1) is 0 Å². The summed E-state index contributed by atoms with van der Waals surface area (Å²) in [5.74, 6) is -0.743. The summed E-state index contributed by atoms with van der Waals surface area (Å²) < 4.78 is 0. The number of aliphatic carboxylic acids is 1. The topological polar surface area (TPSA) is 52.6 Å². The number of nitrogens with one attached hydrogen (secondary N) is 1. The van der Waals surface area contributed by atoms with Crippen LogP contribution in [0, 0.1) is 13.8 Å². The van der Waals surface area contributed by atoms with E-state index in [-0.39, 0.29) is 12.5 Å². The second-order valence-corrected chi connectivity index (χ2v) is 5.51. The predicted molar refractivity (Wildman–Crippen MR) is 76.8 cm³/mol. The summed E-state index contributed by atoms with van der Waals surface area (Å²) in [7, 11) is 0. The van der Waals surface area contributed by atoms with Gasteiger partial charge in [-0.1, -0.05) is 18.2 Å². The number of benzene rings is 1. The molecule has 1 aromatic rings. The molecule has 19 heavy (non-hydrogen) atoms. The number of hydrogen-bond acceptors (Lipinski definition) is 3. The summed E-state index contributed by atoms with van der Waals surface area (Å²) in [5, 5.41) is 12.3. The minimum absolute atomic E-state index is 0.0141. The molecular weight excluding hydrogens is 240 g/mol. The molecule has 0 bridgehead atoms. The number of para-hydroxylation sites is 1. The van der Waals surface area contributed by atoms with Crippen molar-refractivity contribution in [2.75, 3.05) is 18.0 Å². The number of piperazine rings is 1. The number of nitrogens with zero attached hydrogens (tertiary/aromatic N) is 1. The van der Waals surface area contributed by atoms with Gasteiger partial charge in [-0.3, -0.25) is 4.79 Å². The van der Waals surface area contributed by atoms with Crippen molar-refractivity contribution in [1.29, 1.82) is 0 Å². The van der Waals surface area contributed by atoms with Crippen LogP contribution in [0.4, 0.5) is 5.69 Å². The van der Waals surface area contributed by atoms with Crippen molar-refractivity contribution in [3.05, 3.63) is 29.3 Å². The van der Waals surface area contributed by atoms with Gasteiger partial charge in [0, 0.05) is 30.9 Å². The Morgan fingerprint density at radius 1 is 1.37 bits per heavy atom. The summed E-state index contributed by atoms with van der Waals surface area (Å²) in [6.45, 7) is 8.00. The lowest BCUT2D eigenvalue weighted by Crippen LogP contribution is -2.56. The monoisotopic (exact) mass is 262 g/mol. The Morgan fingerprint density at radius 2 is 2.00 bits per heavy atom. The molecule has 1 heterocycles. The zero-order valence-corrected chi connectivity index (χ0v) is 11.8. The molecule has 2 unspecified atom stereocenters. The number of hydrogen-bond donors (Lipinski definition) is 2. The molecule has 4 heteroatoms. The molecule has 0 aliphatic carbocycles. The van der Waals surface area contributed by atoms with Crippen molar-refractivity contribution < 1.29 is 9.90 Å². The van der Waals surface area contributed by atoms with Gasteiger partial charge in [0.1, 0.15) is 0 Å². The highest BCUT2D eigenvalue weighted by Crippen LogP contribution is 2.26. The van der Waals surface area contributed by atoms with Crippen molar-refractivity contribution >= 4 is 11.7 Å². The van der Waals surface area contributed by atoms with E-state index in [1.165, 1.54) is 16.8 Å². The molecule has 2 rings (SSSR count). The summed E-state index contributed by atoms with van der Waals surface area (Å²) in [6.07, 6.45) is 0.172. The van der Waals surface area contributed by atoms with Gasteiger partial charge in [-0.25, -0.2) is 0 Å². The molecule has 1 fully saturated rings. The van der Waals surface area contributed by atoms with E-state index in [1.807, 2.05) is 0 Å². The lowest BCUT2D eigenvalue weighted by Gasteiger charge is -2.40. The van der Waals surface area contributed by atoms with Crippen LogP contribution >= 0.6 is 0 Å². The lowest BCUT2D eigenvalue weighted by molar-refractivity contribution is -0.137.